The molecule has 0 radical (unpaired) electrons. The van der Waals surface area contributed by atoms with Gasteiger partial charge in [-0.1, -0.05) is 15.9 Å². The largest absolute Gasteiger partial charge is 0.488 e. The molecule has 0 aliphatic rings. The molecule has 0 amide bonds. The number of nitrogens with zero attached hydrogens (tertiary/aromatic N) is 4. The molecule has 4 aromatic rings. The topological polar surface area (TPSA) is 63.2 Å². The summed E-state index contributed by atoms with van der Waals surface area (Å²) in [6.45, 7) is 2.68. The lowest BCUT2D eigenvalue weighted by Gasteiger charge is -2.21. The minimum Gasteiger partial charge on any atom is -0.488 e. The van der Waals surface area contributed by atoms with Gasteiger partial charge >= 0.3 is 0 Å². The van der Waals surface area contributed by atoms with Crippen LogP contribution in [0.4, 0.5) is 20.3 Å². The molecule has 2 aromatic carbocycles. The van der Waals surface area contributed by atoms with Gasteiger partial charge in [0.2, 0.25) is 0 Å². The van der Waals surface area contributed by atoms with Crippen molar-refractivity contribution in [1.29, 1.82) is 0 Å². The van der Waals surface area contributed by atoms with Gasteiger partial charge in [0.1, 0.15) is 29.8 Å². The van der Waals surface area contributed by atoms with Gasteiger partial charge in [0.05, 0.1) is 28.3 Å². The highest BCUT2D eigenvalue weighted by Crippen LogP contribution is 2.36. The molecular weight excluding hydrogens is 468 g/mol. The highest BCUT2D eigenvalue weighted by atomic mass is 79.9. The van der Waals surface area contributed by atoms with E-state index in [0.29, 0.717) is 34.5 Å². The summed E-state index contributed by atoms with van der Waals surface area (Å²) in [5.74, 6) is -0.272. The first kappa shape index (κ1) is 21.3. The third-order valence-electron chi connectivity index (χ3n) is 4.64. The van der Waals surface area contributed by atoms with Crippen LogP contribution in [0.2, 0.25) is 0 Å². The molecule has 4 rings (SSSR count). The first-order valence-electron chi connectivity index (χ1n) is 9.58. The van der Waals surface area contributed by atoms with Crippen LogP contribution in [0.25, 0.3) is 21.8 Å². The van der Waals surface area contributed by atoms with Crippen LogP contribution < -0.4 is 10.1 Å². The fourth-order valence-electron chi connectivity index (χ4n) is 3.44. The van der Waals surface area contributed by atoms with Crippen molar-refractivity contribution in [3.63, 3.8) is 0 Å². The minimum atomic E-state index is -0.614. The van der Waals surface area contributed by atoms with Crippen molar-refractivity contribution < 1.29 is 13.5 Å². The Morgan fingerprint density at radius 1 is 1.10 bits per heavy atom. The highest BCUT2D eigenvalue weighted by Gasteiger charge is 2.17. The molecule has 160 valence electrons. The normalized spacial score (nSPS) is 12.5. The van der Waals surface area contributed by atoms with Crippen LogP contribution in [0, 0.1) is 11.6 Å². The fourth-order valence-corrected chi connectivity index (χ4v) is 3.87. The van der Waals surface area contributed by atoms with Gasteiger partial charge in [-0.2, -0.15) is 0 Å². The molecule has 6 nitrogen and oxygen atoms in total. The molecule has 2 heterocycles. The van der Waals surface area contributed by atoms with Crippen molar-refractivity contribution >= 4 is 49.2 Å². The van der Waals surface area contributed by atoms with Crippen LogP contribution >= 0.6 is 15.9 Å². The standard InChI is InChI=1S/C22H20BrF2N5O/c1-12(10-30(2)3)31-19-7-13(23)6-18-20(19)22(28-11-27-18)29-17-5-4-16-15(21(17)25)8-14(24)9-26-16/h4-9,11-12H,10H2,1-3H3,(H,27,28,29)/t12-/m1/s1. The van der Waals surface area contributed by atoms with Crippen molar-refractivity contribution in [3.05, 3.63) is 59.0 Å². The van der Waals surface area contributed by atoms with Gasteiger partial charge in [-0.05, 0) is 51.4 Å². The first-order chi connectivity index (χ1) is 14.8. The number of fused-ring (bicyclic) bond motifs is 2. The smallest absolute Gasteiger partial charge is 0.156 e. The molecular formula is C22H20BrF2N5O. The molecule has 2 aromatic heterocycles. The summed E-state index contributed by atoms with van der Waals surface area (Å²) < 4.78 is 35.7. The number of likely N-dealkylation sites (N-methyl/N-ethyl adjacent to an activating group) is 1. The predicted octanol–water partition coefficient (Wildman–Crippen LogP) is 5.29. The fraction of sp³-hybridized carbons (Fsp3) is 0.227. The molecule has 9 heteroatoms. The maximum atomic E-state index is 15.1. The lowest BCUT2D eigenvalue weighted by molar-refractivity contribution is 0.179. The quantitative estimate of drug-likeness (QED) is 0.398. The Hall–Kier alpha value is -2.91. The number of hydrogen-bond acceptors (Lipinski definition) is 6. The van der Waals surface area contributed by atoms with E-state index in [4.69, 9.17) is 4.74 Å². The summed E-state index contributed by atoms with van der Waals surface area (Å²) >= 11 is 3.49. The van der Waals surface area contributed by atoms with Crippen LogP contribution in [0.15, 0.2) is 47.3 Å². The van der Waals surface area contributed by atoms with Crippen molar-refractivity contribution in [2.24, 2.45) is 0 Å². The average Bonchev–Trinajstić information content (AvgIpc) is 2.69. The Morgan fingerprint density at radius 2 is 1.90 bits per heavy atom. The van der Waals surface area contributed by atoms with Crippen molar-refractivity contribution in [2.75, 3.05) is 26.0 Å². The maximum Gasteiger partial charge on any atom is 0.156 e. The van der Waals surface area contributed by atoms with E-state index >= 15 is 4.39 Å². The summed E-state index contributed by atoms with van der Waals surface area (Å²) in [5, 5.41) is 3.72. The van der Waals surface area contributed by atoms with Gasteiger partial charge in [-0.25, -0.2) is 18.7 Å². The van der Waals surface area contributed by atoms with Gasteiger partial charge < -0.3 is 15.0 Å². The third kappa shape index (κ3) is 4.57. The number of nitrogens with one attached hydrogen (secondary N) is 1. The number of halogens is 3. The van der Waals surface area contributed by atoms with Gasteiger partial charge in [-0.15, -0.1) is 0 Å². The molecule has 0 saturated carbocycles. The summed E-state index contributed by atoms with van der Waals surface area (Å²) in [6, 6.07) is 7.96. The Balaban J connectivity index is 1.79. The van der Waals surface area contributed by atoms with E-state index in [0.717, 1.165) is 16.7 Å². The Kier molecular flexibility index (Phi) is 5.97. The summed E-state index contributed by atoms with van der Waals surface area (Å²) in [4.78, 5) is 14.6. The second-order valence-electron chi connectivity index (χ2n) is 7.48. The second-order valence-corrected chi connectivity index (χ2v) is 8.40. The number of anilines is 2. The van der Waals surface area contributed by atoms with Gasteiger partial charge in [0, 0.05) is 16.4 Å². The molecule has 0 spiro atoms. The van der Waals surface area contributed by atoms with E-state index in [1.807, 2.05) is 38.1 Å². The van der Waals surface area contributed by atoms with E-state index in [-0.39, 0.29) is 17.2 Å². The van der Waals surface area contributed by atoms with E-state index in [1.54, 1.807) is 12.1 Å². The Labute approximate surface area is 186 Å². The van der Waals surface area contributed by atoms with E-state index in [1.165, 1.54) is 6.33 Å². The Bertz CT molecular complexity index is 1270. The van der Waals surface area contributed by atoms with E-state index < -0.39 is 11.6 Å². The highest BCUT2D eigenvalue weighted by molar-refractivity contribution is 9.10. The van der Waals surface area contributed by atoms with E-state index in [9.17, 15) is 4.39 Å². The summed E-state index contributed by atoms with van der Waals surface area (Å²) in [6.07, 6.45) is 2.35. The molecule has 1 N–H and O–H groups in total. The lowest BCUT2D eigenvalue weighted by atomic mass is 10.1. The zero-order valence-electron chi connectivity index (χ0n) is 17.2. The number of hydrogen-bond donors (Lipinski definition) is 1. The van der Waals surface area contributed by atoms with Crippen LogP contribution in [-0.2, 0) is 0 Å². The molecule has 0 saturated heterocycles. The molecule has 0 aliphatic heterocycles. The Morgan fingerprint density at radius 3 is 2.68 bits per heavy atom. The third-order valence-corrected chi connectivity index (χ3v) is 5.09. The SMILES string of the molecule is C[C@H](CN(C)C)Oc1cc(Br)cc2ncnc(Nc3ccc4ncc(F)cc4c3F)c12. The second kappa shape index (κ2) is 8.68. The van der Waals surface area contributed by atoms with Gasteiger partial charge in [0.25, 0.3) is 0 Å². The monoisotopic (exact) mass is 487 g/mol. The number of aromatic nitrogens is 3. The number of rotatable bonds is 6. The summed E-state index contributed by atoms with van der Waals surface area (Å²) in [7, 11) is 3.93. The van der Waals surface area contributed by atoms with Crippen molar-refractivity contribution in [1.82, 2.24) is 19.9 Å². The molecule has 0 bridgehead atoms. The lowest BCUT2D eigenvalue weighted by Crippen LogP contribution is -2.28. The maximum absolute atomic E-state index is 15.1. The van der Waals surface area contributed by atoms with Crippen molar-refractivity contribution in [2.45, 2.75) is 13.0 Å². The molecule has 0 aliphatic carbocycles. The van der Waals surface area contributed by atoms with Crippen LogP contribution in [0.3, 0.4) is 0 Å². The molecule has 31 heavy (non-hydrogen) atoms. The zero-order chi connectivity index (χ0) is 22.1. The van der Waals surface area contributed by atoms with Crippen molar-refractivity contribution in [3.8, 4) is 5.75 Å². The number of benzene rings is 2. The van der Waals surface area contributed by atoms with Crippen LogP contribution in [0.5, 0.6) is 5.75 Å². The summed E-state index contributed by atoms with van der Waals surface area (Å²) in [5.41, 5.74) is 1.14. The van der Waals surface area contributed by atoms with Crippen LogP contribution in [0.1, 0.15) is 6.92 Å². The molecule has 0 unspecified atom stereocenters. The predicted molar refractivity (Wildman–Crippen MR) is 121 cm³/mol. The van der Waals surface area contributed by atoms with Gasteiger partial charge in [-0.3, -0.25) is 4.98 Å². The average molecular weight is 488 g/mol. The first-order valence-corrected chi connectivity index (χ1v) is 10.4. The number of ether oxygens (including phenoxy) is 1. The van der Waals surface area contributed by atoms with E-state index in [2.05, 4.69) is 36.2 Å². The number of pyridine rings is 1. The minimum absolute atomic E-state index is 0.0854. The van der Waals surface area contributed by atoms with Crippen LogP contribution in [-0.4, -0.2) is 46.6 Å². The molecule has 0 fully saturated rings. The molecule has 1 atom stereocenters. The van der Waals surface area contributed by atoms with Gasteiger partial charge in [0.15, 0.2) is 5.82 Å². The zero-order valence-corrected chi connectivity index (χ0v) is 18.7.